The second kappa shape index (κ2) is 7.44. The normalized spacial score (nSPS) is 10.9. The SMILES string of the molecule is CC(C)c1ccc(NC(=O)Cn2nnc(-c3ccc(Cl)cc3)n2)cc1. The van der Waals surface area contributed by atoms with Crippen molar-refractivity contribution in [3.05, 3.63) is 59.1 Å². The fourth-order valence-corrected chi connectivity index (χ4v) is 2.43. The molecule has 1 aromatic heterocycles. The third-order valence-corrected chi connectivity index (χ3v) is 3.95. The van der Waals surface area contributed by atoms with Gasteiger partial charge in [0.1, 0.15) is 6.54 Å². The molecule has 25 heavy (non-hydrogen) atoms. The Balaban J connectivity index is 1.62. The van der Waals surface area contributed by atoms with E-state index in [9.17, 15) is 4.79 Å². The van der Waals surface area contributed by atoms with Crippen LogP contribution >= 0.6 is 11.6 Å². The second-order valence-electron chi connectivity index (χ2n) is 5.98. The lowest BCUT2D eigenvalue weighted by Gasteiger charge is -2.08. The lowest BCUT2D eigenvalue weighted by atomic mass is 10.0. The highest BCUT2D eigenvalue weighted by Gasteiger charge is 2.10. The molecule has 0 aliphatic heterocycles. The predicted molar refractivity (Wildman–Crippen MR) is 97.4 cm³/mol. The highest BCUT2D eigenvalue weighted by Crippen LogP contribution is 2.18. The average Bonchev–Trinajstić information content (AvgIpc) is 3.04. The highest BCUT2D eigenvalue weighted by molar-refractivity contribution is 6.30. The summed E-state index contributed by atoms with van der Waals surface area (Å²) in [5, 5.41) is 15.6. The summed E-state index contributed by atoms with van der Waals surface area (Å²) in [6.45, 7) is 4.25. The maximum absolute atomic E-state index is 12.1. The second-order valence-corrected chi connectivity index (χ2v) is 6.41. The van der Waals surface area contributed by atoms with Gasteiger partial charge in [-0.15, -0.1) is 10.2 Å². The first-order valence-electron chi connectivity index (χ1n) is 7.95. The number of nitrogens with zero attached hydrogens (tertiary/aromatic N) is 4. The third-order valence-electron chi connectivity index (χ3n) is 3.70. The van der Waals surface area contributed by atoms with E-state index in [1.54, 1.807) is 24.3 Å². The van der Waals surface area contributed by atoms with Crippen molar-refractivity contribution in [1.82, 2.24) is 20.2 Å². The Hall–Kier alpha value is -2.73. The summed E-state index contributed by atoms with van der Waals surface area (Å²) in [6.07, 6.45) is 0. The number of anilines is 1. The summed E-state index contributed by atoms with van der Waals surface area (Å²) in [4.78, 5) is 13.4. The topological polar surface area (TPSA) is 72.7 Å². The van der Waals surface area contributed by atoms with Gasteiger partial charge < -0.3 is 5.32 Å². The van der Waals surface area contributed by atoms with E-state index in [2.05, 4.69) is 34.6 Å². The van der Waals surface area contributed by atoms with Crippen molar-refractivity contribution in [3.63, 3.8) is 0 Å². The molecule has 3 rings (SSSR count). The van der Waals surface area contributed by atoms with E-state index in [1.165, 1.54) is 10.4 Å². The van der Waals surface area contributed by atoms with Gasteiger partial charge in [0.05, 0.1) is 0 Å². The zero-order chi connectivity index (χ0) is 17.8. The highest BCUT2D eigenvalue weighted by atomic mass is 35.5. The monoisotopic (exact) mass is 355 g/mol. The Morgan fingerprint density at radius 2 is 1.80 bits per heavy atom. The first-order chi connectivity index (χ1) is 12.0. The molecule has 3 aromatic rings. The van der Waals surface area contributed by atoms with Gasteiger partial charge in [0, 0.05) is 16.3 Å². The average molecular weight is 356 g/mol. The van der Waals surface area contributed by atoms with Crippen LogP contribution < -0.4 is 5.32 Å². The molecule has 6 nitrogen and oxygen atoms in total. The lowest BCUT2D eigenvalue weighted by molar-refractivity contribution is -0.117. The molecule has 0 saturated carbocycles. The van der Waals surface area contributed by atoms with E-state index in [0.29, 0.717) is 16.8 Å². The summed E-state index contributed by atoms with van der Waals surface area (Å²) in [6, 6.07) is 14.9. The number of tetrazole rings is 1. The van der Waals surface area contributed by atoms with E-state index in [0.717, 1.165) is 11.3 Å². The van der Waals surface area contributed by atoms with Crippen LogP contribution in [0.3, 0.4) is 0 Å². The molecule has 7 heteroatoms. The minimum Gasteiger partial charge on any atom is -0.324 e. The molecular weight excluding hydrogens is 338 g/mol. The van der Waals surface area contributed by atoms with Crippen LogP contribution in [0.5, 0.6) is 0 Å². The zero-order valence-corrected chi connectivity index (χ0v) is 14.7. The molecule has 0 radical (unpaired) electrons. The molecule has 0 spiro atoms. The van der Waals surface area contributed by atoms with Gasteiger partial charge in [0.2, 0.25) is 11.7 Å². The number of aromatic nitrogens is 4. The van der Waals surface area contributed by atoms with E-state index in [1.807, 2.05) is 24.3 Å². The number of carbonyl (C=O) groups excluding carboxylic acids is 1. The number of hydrogen-bond donors (Lipinski definition) is 1. The molecular formula is C18H18ClN5O. The minimum absolute atomic E-state index is 0.00742. The molecule has 0 unspecified atom stereocenters. The fourth-order valence-electron chi connectivity index (χ4n) is 2.31. The largest absolute Gasteiger partial charge is 0.324 e. The van der Waals surface area contributed by atoms with E-state index in [-0.39, 0.29) is 12.5 Å². The Morgan fingerprint density at radius 3 is 2.44 bits per heavy atom. The van der Waals surface area contributed by atoms with Gasteiger partial charge >= 0.3 is 0 Å². The maximum atomic E-state index is 12.1. The summed E-state index contributed by atoms with van der Waals surface area (Å²) in [7, 11) is 0. The number of hydrogen-bond acceptors (Lipinski definition) is 4. The molecule has 0 aliphatic carbocycles. The summed E-state index contributed by atoms with van der Waals surface area (Å²) in [5.41, 5.74) is 2.76. The Labute approximate surface area is 150 Å². The number of halogens is 1. The predicted octanol–water partition coefficient (Wildman–Crippen LogP) is 3.76. The van der Waals surface area contributed by atoms with Gasteiger partial charge in [-0.25, -0.2) is 0 Å². The van der Waals surface area contributed by atoms with Gasteiger partial charge in [-0.2, -0.15) is 4.80 Å². The molecule has 0 saturated heterocycles. The third kappa shape index (κ3) is 4.42. The lowest BCUT2D eigenvalue weighted by Crippen LogP contribution is -2.20. The molecule has 0 aliphatic rings. The van der Waals surface area contributed by atoms with E-state index < -0.39 is 0 Å². The van der Waals surface area contributed by atoms with Crippen LogP contribution in [0.2, 0.25) is 5.02 Å². The van der Waals surface area contributed by atoms with Crippen LogP contribution in [0.4, 0.5) is 5.69 Å². The number of amides is 1. The molecule has 128 valence electrons. The first kappa shape index (κ1) is 17.1. The number of rotatable bonds is 5. The van der Waals surface area contributed by atoms with Crippen LogP contribution in [0.1, 0.15) is 25.3 Å². The molecule has 1 amide bonds. The standard InChI is InChI=1S/C18H18ClN5O/c1-12(2)13-5-9-16(10-6-13)20-17(25)11-24-22-18(21-23-24)14-3-7-15(19)8-4-14/h3-10,12H,11H2,1-2H3,(H,20,25). The fraction of sp³-hybridized carbons (Fsp3) is 0.222. The van der Waals surface area contributed by atoms with Crippen molar-refractivity contribution in [2.24, 2.45) is 0 Å². The first-order valence-corrected chi connectivity index (χ1v) is 8.32. The van der Waals surface area contributed by atoms with E-state index >= 15 is 0 Å². The zero-order valence-electron chi connectivity index (χ0n) is 14.0. The van der Waals surface area contributed by atoms with Crippen LogP contribution in [-0.2, 0) is 11.3 Å². The summed E-state index contributed by atoms with van der Waals surface area (Å²) in [5.74, 6) is 0.693. The van der Waals surface area contributed by atoms with Crippen molar-refractivity contribution in [3.8, 4) is 11.4 Å². The number of carbonyl (C=O) groups is 1. The van der Waals surface area contributed by atoms with Crippen LogP contribution in [0, 0.1) is 0 Å². The van der Waals surface area contributed by atoms with Crippen LogP contribution in [0.25, 0.3) is 11.4 Å². The molecule has 0 atom stereocenters. The van der Waals surface area contributed by atoms with Gasteiger partial charge in [-0.1, -0.05) is 37.6 Å². The van der Waals surface area contributed by atoms with Gasteiger partial charge in [0.25, 0.3) is 0 Å². The van der Waals surface area contributed by atoms with E-state index in [4.69, 9.17) is 11.6 Å². The van der Waals surface area contributed by atoms with Crippen LogP contribution in [0.15, 0.2) is 48.5 Å². The Bertz CT molecular complexity index is 856. The van der Waals surface area contributed by atoms with Gasteiger partial charge in [0.15, 0.2) is 0 Å². The molecule has 0 fully saturated rings. The maximum Gasteiger partial charge on any atom is 0.248 e. The Morgan fingerprint density at radius 1 is 1.12 bits per heavy atom. The quantitative estimate of drug-likeness (QED) is 0.756. The van der Waals surface area contributed by atoms with Crippen molar-refractivity contribution in [2.45, 2.75) is 26.3 Å². The van der Waals surface area contributed by atoms with Crippen LogP contribution in [-0.4, -0.2) is 26.1 Å². The summed E-state index contributed by atoms with van der Waals surface area (Å²) >= 11 is 5.86. The molecule has 1 N–H and O–H groups in total. The minimum atomic E-state index is -0.211. The number of nitrogens with one attached hydrogen (secondary N) is 1. The smallest absolute Gasteiger partial charge is 0.248 e. The summed E-state index contributed by atoms with van der Waals surface area (Å²) < 4.78 is 0. The van der Waals surface area contributed by atoms with Crippen molar-refractivity contribution in [1.29, 1.82) is 0 Å². The van der Waals surface area contributed by atoms with Gasteiger partial charge in [-0.3, -0.25) is 4.79 Å². The van der Waals surface area contributed by atoms with Crippen molar-refractivity contribution in [2.75, 3.05) is 5.32 Å². The molecule has 2 aromatic carbocycles. The molecule has 0 bridgehead atoms. The van der Waals surface area contributed by atoms with Crippen molar-refractivity contribution < 1.29 is 4.79 Å². The van der Waals surface area contributed by atoms with Gasteiger partial charge in [-0.05, 0) is 53.1 Å². The van der Waals surface area contributed by atoms with Crippen molar-refractivity contribution >= 4 is 23.2 Å². The number of benzene rings is 2. The molecule has 1 heterocycles. The Kier molecular flexibility index (Phi) is 5.09.